The Morgan fingerprint density at radius 3 is 2.50 bits per heavy atom. The second kappa shape index (κ2) is 13.0. The number of halogens is 3. The van der Waals surface area contributed by atoms with Crippen LogP contribution in [0.4, 0.5) is 23.7 Å². The molecule has 0 spiro atoms. The van der Waals surface area contributed by atoms with Crippen LogP contribution in [0.3, 0.4) is 0 Å². The van der Waals surface area contributed by atoms with E-state index in [1.165, 1.54) is 46.4 Å². The van der Waals surface area contributed by atoms with Crippen LogP contribution in [-0.4, -0.2) is 44.6 Å². The van der Waals surface area contributed by atoms with E-state index in [2.05, 4.69) is 62.9 Å². The minimum atomic E-state index is -4.75. The van der Waals surface area contributed by atoms with E-state index >= 15 is 0 Å². The molecule has 0 radical (unpaired) electrons. The Balaban J connectivity index is 1.23. The Morgan fingerprint density at radius 1 is 1.09 bits per heavy atom. The van der Waals surface area contributed by atoms with Crippen LogP contribution in [0, 0.1) is 6.92 Å². The molecule has 1 saturated heterocycles. The maximum atomic E-state index is 12.8. The number of alkyl halides is 3. The molecule has 1 fully saturated rings. The average Bonchev–Trinajstić information content (AvgIpc) is 3.66. The van der Waals surface area contributed by atoms with Crippen molar-refractivity contribution in [2.24, 2.45) is 4.99 Å². The van der Waals surface area contributed by atoms with Gasteiger partial charge in [-0.05, 0) is 72.4 Å². The first-order valence-corrected chi connectivity index (χ1v) is 14.9. The third kappa shape index (κ3) is 7.31. The van der Waals surface area contributed by atoms with E-state index in [4.69, 9.17) is 0 Å². The lowest BCUT2D eigenvalue weighted by molar-refractivity contribution is -0.274. The summed E-state index contributed by atoms with van der Waals surface area (Å²) >= 11 is 1.57. The minimum Gasteiger partial charge on any atom is -0.406 e. The monoisotopic (exact) mass is 620 g/mol. The molecule has 0 unspecified atom stereocenters. The number of anilines is 1. The quantitative estimate of drug-likeness (QED) is 0.226. The Bertz CT molecular complexity index is 1700. The lowest BCUT2D eigenvalue weighted by Crippen LogP contribution is -2.27. The van der Waals surface area contributed by atoms with Crippen LogP contribution in [-0.2, 0) is 0 Å². The highest BCUT2D eigenvalue weighted by Crippen LogP contribution is 2.34. The summed E-state index contributed by atoms with van der Waals surface area (Å²) in [4.78, 5) is 23.6. The van der Waals surface area contributed by atoms with Crippen LogP contribution < -0.4 is 15.0 Å². The van der Waals surface area contributed by atoms with Gasteiger partial charge < -0.3 is 15.0 Å². The number of aryl methyl sites for hydroxylation is 1. The molecule has 3 aromatic carbocycles. The van der Waals surface area contributed by atoms with Crippen molar-refractivity contribution in [2.45, 2.75) is 40.0 Å². The molecular formula is C32H31F3N6O2S. The standard InChI is InChI=1S/C32H31F3N6O2S/c1-20(2)28-21(3)6-5-7-27(28)40-16-17-44-31(40)38-30(42)36-18-22(4)23-8-10-24(11-9-23)29-37-19-41(39-29)25-12-14-26(15-13-25)43-32(33,34)35/h5-15,18-20H,16-17H2,1-4H3,(H,36,42)/b22-18+,38-31?. The van der Waals surface area contributed by atoms with Crippen LogP contribution in [0.1, 0.15) is 43.4 Å². The Labute approximate surface area is 257 Å². The maximum absolute atomic E-state index is 12.8. The van der Waals surface area contributed by atoms with Gasteiger partial charge >= 0.3 is 12.4 Å². The summed E-state index contributed by atoms with van der Waals surface area (Å²) in [6, 6.07) is 18.6. The van der Waals surface area contributed by atoms with Crippen molar-refractivity contribution in [3.05, 3.63) is 95.9 Å². The van der Waals surface area contributed by atoms with E-state index in [-0.39, 0.29) is 5.75 Å². The molecule has 1 N–H and O–H groups in total. The second-order valence-electron chi connectivity index (χ2n) is 10.5. The van der Waals surface area contributed by atoms with Crippen LogP contribution in [0.5, 0.6) is 5.75 Å². The van der Waals surface area contributed by atoms with Gasteiger partial charge in [-0.2, -0.15) is 4.99 Å². The number of amidine groups is 1. The van der Waals surface area contributed by atoms with Gasteiger partial charge in [-0.25, -0.2) is 14.5 Å². The number of allylic oxidation sites excluding steroid dienone is 1. The van der Waals surface area contributed by atoms with Gasteiger partial charge in [-0.1, -0.05) is 62.0 Å². The first kappa shape index (κ1) is 30.9. The van der Waals surface area contributed by atoms with Crippen LogP contribution >= 0.6 is 11.8 Å². The highest BCUT2D eigenvalue weighted by Gasteiger charge is 2.31. The lowest BCUT2D eigenvalue weighted by Gasteiger charge is -2.24. The number of rotatable bonds is 7. The number of nitrogens with zero attached hydrogens (tertiary/aromatic N) is 5. The summed E-state index contributed by atoms with van der Waals surface area (Å²) in [6.07, 6.45) is -1.63. The number of carbonyl (C=O) groups is 1. The number of benzene rings is 3. The van der Waals surface area contributed by atoms with Gasteiger partial charge in [0.05, 0.1) is 5.69 Å². The van der Waals surface area contributed by atoms with Gasteiger partial charge in [0.1, 0.15) is 12.1 Å². The number of ether oxygens (including phenoxy) is 1. The largest absolute Gasteiger partial charge is 0.573 e. The third-order valence-corrected chi connectivity index (χ3v) is 7.94. The van der Waals surface area contributed by atoms with Crippen molar-refractivity contribution < 1.29 is 22.7 Å². The van der Waals surface area contributed by atoms with E-state index in [1.54, 1.807) is 18.0 Å². The number of thioether (sulfide) groups is 1. The zero-order valence-electron chi connectivity index (χ0n) is 24.6. The molecule has 228 valence electrons. The zero-order valence-corrected chi connectivity index (χ0v) is 25.4. The van der Waals surface area contributed by atoms with Gasteiger partial charge in [-0.3, -0.25) is 0 Å². The summed E-state index contributed by atoms with van der Waals surface area (Å²) in [6.45, 7) is 9.13. The van der Waals surface area contributed by atoms with Crippen molar-refractivity contribution >= 4 is 34.2 Å². The lowest BCUT2D eigenvalue weighted by atomic mass is 9.95. The predicted octanol–water partition coefficient (Wildman–Crippen LogP) is 7.94. The van der Waals surface area contributed by atoms with Crippen molar-refractivity contribution in [1.29, 1.82) is 0 Å². The number of carbonyl (C=O) groups excluding carboxylic acids is 1. The van der Waals surface area contributed by atoms with Crippen molar-refractivity contribution in [3.8, 4) is 22.8 Å². The number of urea groups is 1. The van der Waals surface area contributed by atoms with E-state index < -0.39 is 12.4 Å². The van der Waals surface area contributed by atoms with Gasteiger partial charge in [0, 0.05) is 29.7 Å². The first-order valence-electron chi connectivity index (χ1n) is 13.9. The Hall–Kier alpha value is -4.58. The fourth-order valence-corrected chi connectivity index (χ4v) is 5.89. The van der Waals surface area contributed by atoms with Gasteiger partial charge in [-0.15, -0.1) is 18.3 Å². The van der Waals surface area contributed by atoms with E-state index in [1.807, 2.05) is 37.3 Å². The highest BCUT2D eigenvalue weighted by atomic mass is 32.2. The fraction of sp³-hybridized carbons (Fsp3) is 0.250. The molecule has 44 heavy (non-hydrogen) atoms. The predicted molar refractivity (Wildman–Crippen MR) is 168 cm³/mol. The molecule has 0 bridgehead atoms. The minimum absolute atomic E-state index is 0.314. The fourth-order valence-electron chi connectivity index (χ4n) is 4.94. The topological polar surface area (TPSA) is 84.6 Å². The molecule has 2 amide bonds. The summed E-state index contributed by atoms with van der Waals surface area (Å²) in [5.41, 5.74) is 6.59. The number of aliphatic imine (C=N–C) groups is 1. The Morgan fingerprint density at radius 2 is 1.82 bits per heavy atom. The molecule has 0 saturated carbocycles. The van der Waals surface area contributed by atoms with E-state index in [9.17, 15) is 18.0 Å². The van der Waals surface area contributed by atoms with Crippen molar-refractivity contribution in [3.63, 3.8) is 0 Å². The van der Waals surface area contributed by atoms with Crippen LogP contribution in [0.15, 0.2) is 84.2 Å². The molecule has 2 heterocycles. The molecule has 1 aromatic heterocycles. The Kier molecular flexibility index (Phi) is 9.09. The number of hydrogen-bond donors (Lipinski definition) is 1. The number of hydrogen-bond acceptors (Lipinski definition) is 5. The van der Waals surface area contributed by atoms with Gasteiger partial charge in [0.2, 0.25) is 0 Å². The summed E-state index contributed by atoms with van der Waals surface area (Å²) in [7, 11) is 0. The zero-order chi connectivity index (χ0) is 31.4. The van der Waals surface area contributed by atoms with Crippen molar-refractivity contribution in [2.75, 3.05) is 17.2 Å². The summed E-state index contributed by atoms with van der Waals surface area (Å²) in [5, 5.41) is 7.90. The third-order valence-electron chi connectivity index (χ3n) is 6.98. The smallest absolute Gasteiger partial charge is 0.406 e. The molecule has 1 aliphatic rings. The van der Waals surface area contributed by atoms with Crippen LogP contribution in [0.2, 0.25) is 0 Å². The highest BCUT2D eigenvalue weighted by molar-refractivity contribution is 8.14. The van der Waals surface area contributed by atoms with Gasteiger partial charge in [0.15, 0.2) is 11.0 Å². The molecule has 0 atom stereocenters. The van der Waals surface area contributed by atoms with E-state index in [0.717, 1.165) is 34.7 Å². The first-order chi connectivity index (χ1) is 21.0. The van der Waals surface area contributed by atoms with Crippen LogP contribution in [0.25, 0.3) is 22.6 Å². The molecule has 0 aliphatic carbocycles. The maximum Gasteiger partial charge on any atom is 0.573 e. The summed E-state index contributed by atoms with van der Waals surface area (Å²) < 4.78 is 42.6. The number of nitrogens with one attached hydrogen (secondary N) is 1. The normalized spacial score (nSPS) is 14.9. The molecular weight excluding hydrogens is 589 g/mol. The SMILES string of the molecule is C/C(=C\NC(=O)N=C1SCCN1c1cccc(C)c1C(C)C)c1ccc(-c2ncn(-c3ccc(OC(F)(F)F)cc3)n2)cc1. The second-order valence-corrected chi connectivity index (χ2v) is 11.5. The van der Waals surface area contributed by atoms with E-state index in [0.29, 0.717) is 22.6 Å². The number of amides is 2. The summed E-state index contributed by atoms with van der Waals surface area (Å²) in [5.74, 6) is 1.34. The van der Waals surface area contributed by atoms with Gasteiger partial charge in [0.25, 0.3) is 0 Å². The average molecular weight is 621 g/mol. The molecule has 12 heteroatoms. The molecule has 5 rings (SSSR count). The molecule has 8 nitrogen and oxygen atoms in total. The molecule has 4 aromatic rings. The molecule has 1 aliphatic heterocycles. The number of aromatic nitrogens is 3. The van der Waals surface area contributed by atoms with Crippen molar-refractivity contribution in [1.82, 2.24) is 20.1 Å².